The van der Waals surface area contributed by atoms with E-state index in [0.29, 0.717) is 5.75 Å². The predicted octanol–water partition coefficient (Wildman–Crippen LogP) is 3.76. The molecule has 28 heavy (non-hydrogen) atoms. The van der Waals surface area contributed by atoms with Crippen molar-refractivity contribution in [3.8, 4) is 11.5 Å². The molecule has 1 rings (SSSR count). The van der Waals surface area contributed by atoms with Crippen molar-refractivity contribution in [2.75, 3.05) is 0 Å². The molecule has 0 heterocycles. The van der Waals surface area contributed by atoms with Gasteiger partial charge in [0.15, 0.2) is 0 Å². The van der Waals surface area contributed by atoms with Crippen LogP contribution in [0.15, 0.2) is 18.2 Å². The second-order valence-electron chi connectivity index (χ2n) is 10.5. The van der Waals surface area contributed by atoms with E-state index in [2.05, 4.69) is 67.7 Å². The average molecular weight is 435 g/mol. The van der Waals surface area contributed by atoms with Gasteiger partial charge in [0, 0.05) is 0 Å². The number of hydrogen-bond donors (Lipinski definition) is 1. The number of benzene rings is 1. The van der Waals surface area contributed by atoms with E-state index in [0.717, 1.165) is 11.3 Å². The predicted molar refractivity (Wildman–Crippen MR) is 119 cm³/mol. The van der Waals surface area contributed by atoms with E-state index in [1.165, 1.54) is 0 Å². The van der Waals surface area contributed by atoms with Gasteiger partial charge in [-0.05, 0) is 60.9 Å². The Morgan fingerprint density at radius 3 is 1.68 bits per heavy atom. The van der Waals surface area contributed by atoms with Crippen LogP contribution < -0.4 is 38.4 Å². The first-order valence-corrected chi connectivity index (χ1v) is 15.5. The minimum absolute atomic E-state index is 0. The van der Waals surface area contributed by atoms with Crippen LogP contribution in [0, 0.1) is 0 Å². The minimum Gasteiger partial charge on any atom is -1.00 e. The van der Waals surface area contributed by atoms with Gasteiger partial charge >= 0.3 is 35.5 Å². The summed E-state index contributed by atoms with van der Waals surface area (Å²) in [5.74, 6) is -0.0233. The number of carboxylic acid groups (broad SMARTS) is 1. The molecule has 1 aromatic rings. The van der Waals surface area contributed by atoms with Gasteiger partial charge in [0.25, 0.3) is 16.6 Å². The van der Waals surface area contributed by atoms with Crippen molar-refractivity contribution >= 4 is 22.6 Å². The van der Waals surface area contributed by atoms with Crippen LogP contribution >= 0.6 is 0 Å². The summed E-state index contributed by atoms with van der Waals surface area (Å²) in [5.41, 5.74) is 0.735. The molecule has 0 spiro atoms. The topological polar surface area (TPSA) is 55.8 Å². The maximum atomic E-state index is 11.4. The van der Waals surface area contributed by atoms with E-state index in [4.69, 9.17) is 8.85 Å². The van der Waals surface area contributed by atoms with Crippen LogP contribution in [0.4, 0.5) is 0 Å². The van der Waals surface area contributed by atoms with Crippen LogP contribution in [0.25, 0.3) is 0 Å². The summed E-state index contributed by atoms with van der Waals surface area (Å²) in [6, 6.07) is 5.60. The number of aliphatic carboxylic acids is 1. The molecule has 1 atom stereocenters. The van der Waals surface area contributed by atoms with Crippen molar-refractivity contribution in [1.82, 2.24) is 0 Å². The zero-order valence-electron chi connectivity index (χ0n) is 21.0. The Labute approximate surface area is 197 Å². The fourth-order valence-electron chi connectivity index (χ4n) is 1.96. The number of carbonyl (C=O) groups is 1. The van der Waals surface area contributed by atoms with E-state index in [1.54, 1.807) is 6.92 Å². The third-order valence-electron chi connectivity index (χ3n) is 6.18. The van der Waals surface area contributed by atoms with Crippen molar-refractivity contribution in [2.45, 2.75) is 90.6 Å². The van der Waals surface area contributed by atoms with Crippen molar-refractivity contribution in [3.05, 3.63) is 23.8 Å². The van der Waals surface area contributed by atoms with Gasteiger partial charge in [-0.3, -0.25) is 4.79 Å². The normalized spacial score (nSPS) is 14.1. The summed E-state index contributed by atoms with van der Waals surface area (Å²) in [6.07, 6.45) is 0. The Morgan fingerprint density at radius 1 is 0.929 bits per heavy atom. The molecule has 1 aromatic carbocycles. The van der Waals surface area contributed by atoms with Crippen molar-refractivity contribution < 1.29 is 49.7 Å². The Morgan fingerprint density at radius 2 is 1.32 bits per heavy atom. The number of hydrogen-bond acceptors (Lipinski definition) is 3. The molecule has 7 heteroatoms. The zero-order valence-corrected chi connectivity index (χ0v) is 24.0. The Kier molecular flexibility index (Phi) is 9.16. The van der Waals surface area contributed by atoms with Gasteiger partial charge in [0.1, 0.15) is 11.5 Å². The Bertz CT molecular complexity index is 695. The van der Waals surface area contributed by atoms with E-state index >= 15 is 0 Å². The summed E-state index contributed by atoms with van der Waals surface area (Å²) in [5, 5.41) is 9.50. The molecule has 0 saturated carbocycles. The largest absolute Gasteiger partial charge is 1.00 e. The van der Waals surface area contributed by atoms with Crippen molar-refractivity contribution in [2.24, 2.45) is 0 Å². The maximum absolute atomic E-state index is 11.4. The first-order valence-electron chi connectivity index (χ1n) is 9.64. The van der Waals surface area contributed by atoms with Crippen LogP contribution in [0.3, 0.4) is 0 Å². The van der Waals surface area contributed by atoms with Gasteiger partial charge in [0.05, 0.1) is 5.92 Å². The Hall–Kier alpha value is -0.276. The van der Waals surface area contributed by atoms with Gasteiger partial charge in [-0.1, -0.05) is 47.6 Å². The molecule has 4 nitrogen and oxygen atoms in total. The van der Waals surface area contributed by atoms with Crippen LogP contribution in [0.1, 0.15) is 61.4 Å². The fourth-order valence-corrected chi connectivity index (χ4v) is 4.00. The number of carboxylic acids is 1. The second-order valence-corrected chi connectivity index (χ2v) is 19.9. The summed E-state index contributed by atoms with van der Waals surface area (Å²) >= 11 is 0. The molecule has 0 amide bonds. The van der Waals surface area contributed by atoms with E-state index in [1.807, 2.05) is 18.2 Å². The summed E-state index contributed by atoms with van der Waals surface area (Å²) < 4.78 is 13.1. The van der Waals surface area contributed by atoms with Gasteiger partial charge in [-0.15, -0.1) is 0 Å². The Balaban J connectivity index is 0. The molecule has 0 aliphatic rings. The van der Waals surface area contributed by atoms with Gasteiger partial charge in [-0.25, -0.2) is 0 Å². The molecule has 0 fully saturated rings. The van der Waals surface area contributed by atoms with Gasteiger partial charge in [-0.2, -0.15) is 0 Å². The SMILES string of the molecule is CC(C(=O)O)c1ccc(O[Si](C)(C)C(C)(C)C)c(O[Si](C)(C)C(C)(C)C)c1.[H-].[Na+]. The quantitative estimate of drug-likeness (QED) is 0.693. The summed E-state index contributed by atoms with van der Waals surface area (Å²) in [4.78, 5) is 11.4. The third kappa shape index (κ3) is 6.62. The molecule has 0 radical (unpaired) electrons. The van der Waals surface area contributed by atoms with Crippen LogP contribution in [0.5, 0.6) is 11.5 Å². The van der Waals surface area contributed by atoms with Crippen LogP contribution in [0.2, 0.25) is 36.3 Å². The van der Waals surface area contributed by atoms with Crippen LogP contribution in [-0.2, 0) is 4.79 Å². The molecule has 1 unspecified atom stereocenters. The van der Waals surface area contributed by atoms with Crippen molar-refractivity contribution in [3.63, 3.8) is 0 Å². The molecule has 0 bridgehead atoms. The zero-order chi connectivity index (χ0) is 21.4. The van der Waals surface area contributed by atoms with E-state index in [9.17, 15) is 9.90 Å². The standard InChI is InChI=1S/C21H38O4Si2.Na.H/c1-15(19(22)23)16-12-13-17(24-26(8,9)20(2,3)4)18(14-16)25-27(10,11)21(5,6)7;;/h12-15H,1-11H3,(H,22,23);;/q;+1;-1. The minimum atomic E-state index is -2.10. The molecule has 0 aliphatic carbocycles. The van der Waals surface area contributed by atoms with Gasteiger partial charge < -0.3 is 15.4 Å². The maximum Gasteiger partial charge on any atom is 1.00 e. The third-order valence-corrected chi connectivity index (χ3v) is 14.9. The van der Waals surface area contributed by atoms with Crippen molar-refractivity contribution in [1.29, 1.82) is 0 Å². The van der Waals surface area contributed by atoms with Gasteiger partial charge in [0.2, 0.25) is 0 Å². The van der Waals surface area contributed by atoms with Crippen LogP contribution in [-0.4, -0.2) is 27.7 Å². The summed E-state index contributed by atoms with van der Waals surface area (Å²) in [6.45, 7) is 23.7. The number of rotatable bonds is 6. The molecule has 0 saturated heterocycles. The smallest absolute Gasteiger partial charge is 1.00 e. The molecular formula is C21H39NaO4Si2. The monoisotopic (exact) mass is 434 g/mol. The molecule has 0 aliphatic heterocycles. The first-order chi connectivity index (χ1) is 11.9. The fraction of sp³-hybridized carbons (Fsp3) is 0.667. The molecule has 156 valence electrons. The molecular weight excluding hydrogens is 395 g/mol. The molecule has 0 aromatic heterocycles. The molecule has 1 N–H and O–H groups in total. The summed E-state index contributed by atoms with van der Waals surface area (Å²) in [7, 11) is -4.14. The van der Waals surface area contributed by atoms with E-state index in [-0.39, 0.29) is 41.1 Å². The average Bonchev–Trinajstić information content (AvgIpc) is 2.45. The first kappa shape index (κ1) is 27.7. The second kappa shape index (κ2) is 9.25. The van der Waals surface area contributed by atoms with E-state index < -0.39 is 28.5 Å².